The molecule has 0 saturated carbocycles. The van der Waals surface area contributed by atoms with Crippen LogP contribution in [0.15, 0.2) is 42.5 Å². The minimum atomic E-state index is -0.119. The van der Waals surface area contributed by atoms with Crippen LogP contribution in [-0.2, 0) is 11.3 Å². The van der Waals surface area contributed by atoms with Crippen molar-refractivity contribution in [2.45, 2.75) is 53.0 Å². The van der Waals surface area contributed by atoms with Gasteiger partial charge in [0.2, 0.25) is 5.91 Å². The van der Waals surface area contributed by atoms with E-state index in [2.05, 4.69) is 56.5 Å². The lowest BCUT2D eigenvalue weighted by Gasteiger charge is -2.20. The van der Waals surface area contributed by atoms with E-state index in [1.54, 1.807) is 12.1 Å². The zero-order valence-corrected chi connectivity index (χ0v) is 16.2. The molecule has 0 atom stereocenters. The summed E-state index contributed by atoms with van der Waals surface area (Å²) in [4.78, 5) is 23.8. The fourth-order valence-electron chi connectivity index (χ4n) is 2.88. The Kier molecular flexibility index (Phi) is 6.56. The summed E-state index contributed by atoms with van der Waals surface area (Å²) in [6.45, 7) is 10.5. The smallest absolute Gasteiger partial charge is 0.255 e. The lowest BCUT2D eigenvalue weighted by atomic mass is 9.92. The molecule has 0 aliphatic rings. The van der Waals surface area contributed by atoms with Gasteiger partial charge in [-0.1, -0.05) is 58.0 Å². The van der Waals surface area contributed by atoms with Crippen molar-refractivity contribution >= 4 is 17.5 Å². The Morgan fingerprint density at radius 1 is 0.885 bits per heavy atom. The molecule has 0 fully saturated rings. The first kappa shape index (κ1) is 19.7. The molecule has 0 aromatic heterocycles. The van der Waals surface area contributed by atoms with Crippen molar-refractivity contribution in [3.8, 4) is 0 Å². The first-order valence-corrected chi connectivity index (χ1v) is 9.07. The second-order valence-corrected chi connectivity index (χ2v) is 7.18. The van der Waals surface area contributed by atoms with Crippen LogP contribution in [0, 0.1) is 0 Å². The summed E-state index contributed by atoms with van der Waals surface area (Å²) < 4.78 is 0. The van der Waals surface area contributed by atoms with Crippen molar-refractivity contribution in [1.82, 2.24) is 5.32 Å². The predicted molar refractivity (Wildman–Crippen MR) is 107 cm³/mol. The molecule has 2 amide bonds. The van der Waals surface area contributed by atoms with E-state index in [0.29, 0.717) is 23.9 Å². The normalized spacial score (nSPS) is 10.9. The number of carbonyl (C=O) groups is 2. The fourth-order valence-corrected chi connectivity index (χ4v) is 2.88. The SMILES string of the molecule is CC(=O)NCc1ccc(C(=O)Nc2c(C(C)C)cccc2C(C)C)cc1. The Labute approximate surface area is 156 Å². The molecular formula is C22H28N2O2. The number of nitrogens with one attached hydrogen (secondary N) is 2. The van der Waals surface area contributed by atoms with Gasteiger partial charge in [0.05, 0.1) is 0 Å². The molecule has 0 spiro atoms. The van der Waals surface area contributed by atoms with Crippen LogP contribution >= 0.6 is 0 Å². The molecule has 2 aromatic rings. The van der Waals surface area contributed by atoms with Gasteiger partial charge < -0.3 is 10.6 Å². The van der Waals surface area contributed by atoms with Crippen LogP contribution in [0.2, 0.25) is 0 Å². The minimum Gasteiger partial charge on any atom is -0.352 e. The van der Waals surface area contributed by atoms with Crippen molar-refractivity contribution in [1.29, 1.82) is 0 Å². The van der Waals surface area contributed by atoms with Crippen molar-refractivity contribution in [2.75, 3.05) is 5.32 Å². The molecule has 0 aliphatic carbocycles. The third-order valence-electron chi connectivity index (χ3n) is 4.37. The monoisotopic (exact) mass is 352 g/mol. The van der Waals surface area contributed by atoms with Crippen LogP contribution in [0.3, 0.4) is 0 Å². The molecule has 0 unspecified atom stereocenters. The Morgan fingerprint density at radius 3 is 1.88 bits per heavy atom. The number of carbonyl (C=O) groups excluding carboxylic acids is 2. The molecule has 4 nitrogen and oxygen atoms in total. The van der Waals surface area contributed by atoms with Crippen molar-refractivity contribution in [3.05, 3.63) is 64.7 Å². The van der Waals surface area contributed by atoms with E-state index in [4.69, 9.17) is 0 Å². The second kappa shape index (κ2) is 8.65. The molecule has 2 aromatic carbocycles. The first-order valence-electron chi connectivity index (χ1n) is 9.07. The van der Waals surface area contributed by atoms with Crippen molar-refractivity contribution < 1.29 is 9.59 Å². The molecule has 2 N–H and O–H groups in total. The van der Waals surface area contributed by atoms with E-state index in [0.717, 1.165) is 22.4 Å². The summed E-state index contributed by atoms with van der Waals surface area (Å²) >= 11 is 0. The Hall–Kier alpha value is -2.62. The molecule has 0 aliphatic heterocycles. The molecule has 0 bridgehead atoms. The molecule has 2 rings (SSSR count). The highest BCUT2D eigenvalue weighted by atomic mass is 16.2. The Balaban J connectivity index is 2.23. The van der Waals surface area contributed by atoms with Crippen molar-refractivity contribution in [2.24, 2.45) is 0 Å². The average Bonchev–Trinajstić information content (AvgIpc) is 2.60. The van der Waals surface area contributed by atoms with Crippen LogP contribution in [0.25, 0.3) is 0 Å². The quantitative estimate of drug-likeness (QED) is 0.783. The summed E-state index contributed by atoms with van der Waals surface area (Å²) in [7, 11) is 0. The highest BCUT2D eigenvalue weighted by Gasteiger charge is 2.16. The van der Waals surface area contributed by atoms with E-state index >= 15 is 0 Å². The number of rotatable bonds is 6. The minimum absolute atomic E-state index is 0.0710. The Morgan fingerprint density at radius 2 is 1.42 bits per heavy atom. The number of hydrogen-bond donors (Lipinski definition) is 2. The number of anilines is 1. The zero-order valence-electron chi connectivity index (χ0n) is 16.2. The van der Waals surface area contributed by atoms with Crippen molar-refractivity contribution in [3.63, 3.8) is 0 Å². The molecule has 4 heteroatoms. The van der Waals surface area contributed by atoms with E-state index < -0.39 is 0 Å². The van der Waals surface area contributed by atoms with Crippen LogP contribution in [0.4, 0.5) is 5.69 Å². The van der Waals surface area contributed by atoms with E-state index in [9.17, 15) is 9.59 Å². The predicted octanol–water partition coefficient (Wildman–Crippen LogP) is 4.82. The zero-order chi connectivity index (χ0) is 19.3. The summed E-state index contributed by atoms with van der Waals surface area (Å²) in [6, 6.07) is 13.5. The summed E-state index contributed by atoms with van der Waals surface area (Å²) in [5, 5.41) is 5.87. The Bertz CT molecular complexity index is 751. The average molecular weight is 352 g/mol. The van der Waals surface area contributed by atoms with Gasteiger partial charge in [-0.2, -0.15) is 0 Å². The second-order valence-electron chi connectivity index (χ2n) is 7.18. The standard InChI is InChI=1S/C22H28N2O2/c1-14(2)19-7-6-8-20(15(3)4)21(19)24-22(26)18-11-9-17(10-12-18)13-23-16(5)25/h6-12,14-15H,13H2,1-5H3,(H,23,25)(H,24,26). The largest absolute Gasteiger partial charge is 0.352 e. The maximum atomic E-state index is 12.8. The summed E-state index contributed by atoms with van der Waals surface area (Å²) in [5.41, 5.74) is 4.77. The highest BCUT2D eigenvalue weighted by Crippen LogP contribution is 2.32. The van der Waals surface area contributed by atoms with Gasteiger partial charge in [0.25, 0.3) is 5.91 Å². The maximum Gasteiger partial charge on any atom is 0.255 e. The highest BCUT2D eigenvalue weighted by molar-refractivity contribution is 6.05. The van der Waals surface area contributed by atoms with Gasteiger partial charge in [-0.25, -0.2) is 0 Å². The van der Waals surface area contributed by atoms with Crippen LogP contribution in [0.1, 0.15) is 73.5 Å². The molecule has 26 heavy (non-hydrogen) atoms. The van der Waals surface area contributed by atoms with Gasteiger partial charge in [-0.3, -0.25) is 9.59 Å². The molecule has 138 valence electrons. The first-order chi connectivity index (χ1) is 12.3. The van der Waals surface area contributed by atoms with E-state index in [1.807, 2.05) is 12.1 Å². The van der Waals surface area contributed by atoms with Crippen LogP contribution in [0.5, 0.6) is 0 Å². The number of para-hydroxylation sites is 1. The molecule has 0 saturated heterocycles. The van der Waals surface area contributed by atoms with Crippen LogP contribution in [-0.4, -0.2) is 11.8 Å². The summed E-state index contributed by atoms with van der Waals surface area (Å²) in [6.07, 6.45) is 0. The maximum absolute atomic E-state index is 12.8. The number of hydrogen-bond acceptors (Lipinski definition) is 2. The molecular weight excluding hydrogens is 324 g/mol. The van der Waals surface area contributed by atoms with Gasteiger partial charge >= 0.3 is 0 Å². The van der Waals surface area contributed by atoms with Gasteiger partial charge in [-0.15, -0.1) is 0 Å². The van der Waals surface area contributed by atoms with Gasteiger partial charge in [0, 0.05) is 24.7 Å². The third kappa shape index (κ3) is 4.94. The third-order valence-corrected chi connectivity index (χ3v) is 4.37. The lowest BCUT2D eigenvalue weighted by Crippen LogP contribution is -2.19. The van der Waals surface area contributed by atoms with Gasteiger partial charge in [0.1, 0.15) is 0 Å². The molecule has 0 radical (unpaired) electrons. The number of amides is 2. The summed E-state index contributed by atoms with van der Waals surface area (Å²) in [5.74, 6) is 0.456. The molecule has 0 heterocycles. The number of benzene rings is 2. The van der Waals surface area contributed by atoms with Gasteiger partial charge in [0.15, 0.2) is 0 Å². The van der Waals surface area contributed by atoms with E-state index in [-0.39, 0.29) is 11.8 Å². The topological polar surface area (TPSA) is 58.2 Å². The fraction of sp³-hybridized carbons (Fsp3) is 0.364. The lowest BCUT2D eigenvalue weighted by molar-refractivity contribution is -0.119. The van der Waals surface area contributed by atoms with E-state index in [1.165, 1.54) is 6.92 Å². The van der Waals surface area contributed by atoms with Crippen LogP contribution < -0.4 is 10.6 Å². The van der Waals surface area contributed by atoms with Gasteiger partial charge in [-0.05, 0) is 40.7 Å².